The van der Waals surface area contributed by atoms with Gasteiger partial charge in [0.05, 0.1) is 0 Å². The number of fused-ring (bicyclic) bond motifs is 3. The molecule has 0 fully saturated rings. The second kappa shape index (κ2) is 3.48. The van der Waals surface area contributed by atoms with Crippen LogP contribution in [0.15, 0.2) is 40.9 Å². The van der Waals surface area contributed by atoms with E-state index in [1.54, 1.807) is 11.3 Å². The van der Waals surface area contributed by atoms with Crippen molar-refractivity contribution in [3.63, 3.8) is 0 Å². The van der Waals surface area contributed by atoms with Crippen LogP contribution in [0.25, 0.3) is 20.2 Å². The van der Waals surface area contributed by atoms with Gasteiger partial charge in [0.2, 0.25) is 0 Å². The number of thiophene rings is 1. The molecular formula is C12H6BrClS. The predicted octanol–water partition coefficient (Wildman–Crippen LogP) is 5.47. The van der Waals surface area contributed by atoms with Gasteiger partial charge in [-0.2, -0.15) is 0 Å². The van der Waals surface area contributed by atoms with E-state index in [4.69, 9.17) is 11.6 Å². The zero-order valence-corrected chi connectivity index (χ0v) is 10.8. The van der Waals surface area contributed by atoms with Gasteiger partial charge in [-0.3, -0.25) is 0 Å². The van der Waals surface area contributed by atoms with Gasteiger partial charge in [-0.25, -0.2) is 0 Å². The molecule has 74 valence electrons. The summed E-state index contributed by atoms with van der Waals surface area (Å²) in [5.41, 5.74) is 0. The number of benzene rings is 2. The number of hydrogen-bond acceptors (Lipinski definition) is 1. The Hall–Kier alpha value is -0.570. The van der Waals surface area contributed by atoms with Crippen molar-refractivity contribution in [1.29, 1.82) is 0 Å². The molecule has 0 spiro atoms. The van der Waals surface area contributed by atoms with Crippen molar-refractivity contribution >= 4 is 59.0 Å². The Kier molecular flexibility index (Phi) is 2.23. The minimum atomic E-state index is 0.830. The Labute approximate surface area is 105 Å². The van der Waals surface area contributed by atoms with Crippen LogP contribution in [-0.2, 0) is 0 Å². The van der Waals surface area contributed by atoms with Gasteiger partial charge >= 0.3 is 0 Å². The van der Waals surface area contributed by atoms with E-state index in [2.05, 4.69) is 34.1 Å². The van der Waals surface area contributed by atoms with Gasteiger partial charge in [0, 0.05) is 29.7 Å². The quantitative estimate of drug-likeness (QED) is 0.516. The van der Waals surface area contributed by atoms with Crippen molar-refractivity contribution < 1.29 is 0 Å². The zero-order chi connectivity index (χ0) is 10.4. The summed E-state index contributed by atoms with van der Waals surface area (Å²) in [6.07, 6.45) is 0. The summed E-state index contributed by atoms with van der Waals surface area (Å²) in [5.74, 6) is 0. The molecule has 0 bridgehead atoms. The van der Waals surface area contributed by atoms with Crippen LogP contribution < -0.4 is 0 Å². The molecule has 1 heterocycles. The molecule has 0 aliphatic carbocycles. The molecule has 0 aliphatic heterocycles. The molecule has 1 aromatic heterocycles. The standard InChI is InChI=1S/C12H6BrClS/c13-8-4-1-3-7-11-9(14)5-2-6-10(11)15-12(7)8/h1-6H. The van der Waals surface area contributed by atoms with Gasteiger partial charge in [0.15, 0.2) is 0 Å². The summed E-state index contributed by atoms with van der Waals surface area (Å²) in [6.45, 7) is 0. The van der Waals surface area contributed by atoms with Gasteiger partial charge in [0.25, 0.3) is 0 Å². The zero-order valence-electron chi connectivity index (χ0n) is 7.63. The second-order valence-corrected chi connectivity index (χ2v) is 5.65. The average Bonchev–Trinajstić information content (AvgIpc) is 2.59. The average molecular weight is 298 g/mol. The summed E-state index contributed by atoms with van der Waals surface area (Å²) in [4.78, 5) is 0. The largest absolute Gasteiger partial charge is 0.134 e. The maximum atomic E-state index is 6.22. The van der Waals surface area contributed by atoms with E-state index in [1.807, 2.05) is 18.2 Å². The van der Waals surface area contributed by atoms with Crippen LogP contribution in [-0.4, -0.2) is 0 Å². The number of rotatable bonds is 0. The maximum absolute atomic E-state index is 6.22. The number of hydrogen-bond donors (Lipinski definition) is 0. The van der Waals surface area contributed by atoms with Crippen molar-refractivity contribution in [2.45, 2.75) is 0 Å². The molecule has 15 heavy (non-hydrogen) atoms. The molecule has 3 rings (SSSR count). The van der Waals surface area contributed by atoms with Crippen LogP contribution in [0.5, 0.6) is 0 Å². The smallest absolute Gasteiger partial charge is 0.0499 e. The highest BCUT2D eigenvalue weighted by Gasteiger charge is 2.09. The van der Waals surface area contributed by atoms with Gasteiger partial charge in [-0.1, -0.05) is 29.8 Å². The van der Waals surface area contributed by atoms with Crippen LogP contribution in [0.4, 0.5) is 0 Å². The van der Waals surface area contributed by atoms with Gasteiger partial charge in [-0.15, -0.1) is 11.3 Å². The lowest BCUT2D eigenvalue weighted by Gasteiger charge is -1.95. The van der Waals surface area contributed by atoms with Crippen molar-refractivity contribution in [2.75, 3.05) is 0 Å². The Balaban J connectivity index is 2.65. The summed E-state index contributed by atoms with van der Waals surface area (Å²) in [7, 11) is 0. The van der Waals surface area contributed by atoms with E-state index in [0.29, 0.717) is 0 Å². The molecule has 0 unspecified atom stereocenters. The third kappa shape index (κ3) is 1.40. The molecule has 0 amide bonds. The molecule has 0 atom stereocenters. The molecule has 0 saturated carbocycles. The second-order valence-electron chi connectivity index (χ2n) is 3.33. The van der Waals surface area contributed by atoms with E-state index in [9.17, 15) is 0 Å². The fraction of sp³-hybridized carbons (Fsp3) is 0. The third-order valence-electron chi connectivity index (χ3n) is 2.42. The molecule has 0 radical (unpaired) electrons. The van der Waals surface area contributed by atoms with E-state index >= 15 is 0 Å². The molecule has 0 N–H and O–H groups in total. The lowest BCUT2D eigenvalue weighted by Crippen LogP contribution is -1.68. The predicted molar refractivity (Wildman–Crippen MR) is 72.0 cm³/mol. The van der Waals surface area contributed by atoms with Gasteiger partial charge in [-0.05, 0) is 34.1 Å². The van der Waals surface area contributed by atoms with Crippen LogP contribution in [0, 0.1) is 0 Å². The topological polar surface area (TPSA) is 0 Å². The highest BCUT2D eigenvalue weighted by molar-refractivity contribution is 9.10. The normalized spacial score (nSPS) is 11.3. The molecule has 0 nitrogen and oxygen atoms in total. The fourth-order valence-electron chi connectivity index (χ4n) is 1.77. The summed E-state index contributed by atoms with van der Waals surface area (Å²) >= 11 is 11.6. The van der Waals surface area contributed by atoms with E-state index in [0.717, 1.165) is 9.50 Å². The van der Waals surface area contributed by atoms with E-state index < -0.39 is 0 Å². The Morgan fingerprint density at radius 3 is 2.73 bits per heavy atom. The minimum Gasteiger partial charge on any atom is -0.134 e. The van der Waals surface area contributed by atoms with Crippen molar-refractivity contribution in [3.8, 4) is 0 Å². The lowest BCUT2D eigenvalue weighted by atomic mass is 10.1. The van der Waals surface area contributed by atoms with Crippen molar-refractivity contribution in [3.05, 3.63) is 45.9 Å². The maximum Gasteiger partial charge on any atom is 0.0499 e. The van der Waals surface area contributed by atoms with Crippen LogP contribution >= 0.6 is 38.9 Å². The Morgan fingerprint density at radius 2 is 1.87 bits per heavy atom. The highest BCUT2D eigenvalue weighted by Crippen LogP contribution is 2.40. The summed E-state index contributed by atoms with van der Waals surface area (Å²) < 4.78 is 3.64. The first-order chi connectivity index (χ1) is 7.27. The molecule has 3 aromatic rings. The molecule has 0 aliphatic rings. The first kappa shape index (κ1) is 9.64. The van der Waals surface area contributed by atoms with Gasteiger partial charge < -0.3 is 0 Å². The van der Waals surface area contributed by atoms with Crippen molar-refractivity contribution in [1.82, 2.24) is 0 Å². The monoisotopic (exact) mass is 296 g/mol. The summed E-state index contributed by atoms with van der Waals surface area (Å²) in [6, 6.07) is 12.3. The number of halogens is 2. The van der Waals surface area contributed by atoms with Crippen LogP contribution in [0.1, 0.15) is 0 Å². The highest BCUT2D eigenvalue weighted by atomic mass is 79.9. The first-order valence-electron chi connectivity index (χ1n) is 4.52. The molecule has 0 saturated heterocycles. The minimum absolute atomic E-state index is 0.830. The lowest BCUT2D eigenvalue weighted by molar-refractivity contribution is 1.80. The molecular weight excluding hydrogens is 292 g/mol. The summed E-state index contributed by atoms with van der Waals surface area (Å²) in [5, 5.41) is 3.23. The van der Waals surface area contributed by atoms with Gasteiger partial charge in [0.1, 0.15) is 0 Å². The first-order valence-corrected chi connectivity index (χ1v) is 6.51. The van der Waals surface area contributed by atoms with E-state index in [1.165, 1.54) is 20.2 Å². The SMILES string of the molecule is Clc1cccc2sc3c(Br)cccc3c12. The van der Waals surface area contributed by atoms with E-state index in [-0.39, 0.29) is 0 Å². The third-order valence-corrected chi connectivity index (χ3v) is 4.87. The fourth-order valence-corrected chi connectivity index (χ4v) is 3.85. The Morgan fingerprint density at radius 1 is 1.07 bits per heavy atom. The molecule has 2 aromatic carbocycles. The van der Waals surface area contributed by atoms with Crippen LogP contribution in [0.3, 0.4) is 0 Å². The van der Waals surface area contributed by atoms with Crippen molar-refractivity contribution in [2.24, 2.45) is 0 Å². The molecule has 3 heteroatoms. The van der Waals surface area contributed by atoms with Crippen LogP contribution in [0.2, 0.25) is 5.02 Å². The Bertz CT molecular complexity index is 657.